The molecular weight excluding hydrogens is 392 g/mol. The van der Waals surface area contributed by atoms with Crippen LogP contribution in [0.2, 0.25) is 5.02 Å². The molecule has 0 spiro atoms. The van der Waals surface area contributed by atoms with Crippen LogP contribution in [0.15, 0.2) is 47.1 Å². The van der Waals surface area contributed by atoms with Gasteiger partial charge >= 0.3 is 5.97 Å². The largest absolute Gasteiger partial charge is 0.506 e. The van der Waals surface area contributed by atoms with Gasteiger partial charge < -0.3 is 14.6 Å². The first-order chi connectivity index (χ1) is 14.0. The van der Waals surface area contributed by atoms with Crippen molar-refractivity contribution in [3.63, 3.8) is 0 Å². The van der Waals surface area contributed by atoms with Crippen molar-refractivity contribution in [2.24, 2.45) is 4.99 Å². The number of aromatic nitrogens is 1. The molecule has 0 radical (unpaired) electrons. The number of ether oxygens (including phenoxy) is 2. The first-order valence-electron chi connectivity index (χ1n) is 9.53. The van der Waals surface area contributed by atoms with Gasteiger partial charge in [-0.2, -0.15) is 0 Å². The molecule has 0 unspecified atom stereocenters. The summed E-state index contributed by atoms with van der Waals surface area (Å²) in [6.07, 6.45) is 4.21. The molecule has 1 aliphatic rings. The van der Waals surface area contributed by atoms with Crippen LogP contribution in [0.1, 0.15) is 30.5 Å². The number of carbonyl (C=O) groups is 1. The van der Waals surface area contributed by atoms with Crippen molar-refractivity contribution in [2.75, 3.05) is 13.2 Å². The number of halogens is 1. The van der Waals surface area contributed by atoms with Crippen LogP contribution in [0.5, 0.6) is 5.88 Å². The fourth-order valence-electron chi connectivity index (χ4n) is 3.19. The highest BCUT2D eigenvalue weighted by Crippen LogP contribution is 2.30. The molecule has 3 rings (SSSR count). The van der Waals surface area contributed by atoms with Gasteiger partial charge in [-0.15, -0.1) is 0 Å². The highest BCUT2D eigenvalue weighted by Gasteiger charge is 2.24. The fraction of sp³-hybridized carbons (Fsp3) is 0.318. The summed E-state index contributed by atoms with van der Waals surface area (Å²) in [4.78, 5) is 20.5. The Labute approximate surface area is 174 Å². The Hall–Kier alpha value is -2.86. The van der Waals surface area contributed by atoms with Crippen LogP contribution >= 0.6 is 11.6 Å². The number of hydrogen-bond acceptors (Lipinski definition) is 6. The lowest BCUT2D eigenvalue weighted by atomic mass is 10.1. The van der Waals surface area contributed by atoms with E-state index in [0.717, 1.165) is 12.8 Å². The lowest BCUT2D eigenvalue weighted by Crippen LogP contribution is -2.17. The third-order valence-electron chi connectivity index (χ3n) is 4.54. The van der Waals surface area contributed by atoms with E-state index in [1.54, 1.807) is 6.92 Å². The number of esters is 1. The number of aliphatic imine (C=N–C) groups is 1. The van der Waals surface area contributed by atoms with Crippen molar-refractivity contribution in [2.45, 2.75) is 32.8 Å². The zero-order valence-electron chi connectivity index (χ0n) is 16.4. The Morgan fingerprint density at radius 2 is 2.00 bits per heavy atom. The molecule has 1 aromatic carbocycles. The first kappa shape index (κ1) is 20.9. The minimum absolute atomic E-state index is 0.0498. The van der Waals surface area contributed by atoms with Crippen LogP contribution in [0.3, 0.4) is 0 Å². The number of benzene rings is 1. The topological polar surface area (TPSA) is 81.0 Å². The highest BCUT2D eigenvalue weighted by molar-refractivity contribution is 6.32. The second-order valence-corrected chi connectivity index (χ2v) is 6.94. The van der Waals surface area contributed by atoms with Gasteiger partial charge in [0.05, 0.1) is 17.8 Å². The Balaban J connectivity index is 1.87. The smallest absolute Gasteiger partial charge is 0.343 e. The predicted octanol–water partition coefficient (Wildman–Crippen LogP) is 4.20. The number of nitrogens with zero attached hydrogens (tertiary/aromatic N) is 2. The van der Waals surface area contributed by atoms with Gasteiger partial charge in [0, 0.05) is 37.2 Å². The molecule has 1 aromatic heterocycles. The molecule has 0 amide bonds. The van der Waals surface area contributed by atoms with Crippen molar-refractivity contribution >= 4 is 29.5 Å². The SMILES string of the molecule is CCN=CC(C(=O)OCC)=C(O)c1cc(OC2Cc3ccccc3C2)ncc1Cl. The summed E-state index contributed by atoms with van der Waals surface area (Å²) in [5.41, 5.74) is 2.68. The van der Waals surface area contributed by atoms with Gasteiger partial charge in [0.15, 0.2) is 0 Å². The van der Waals surface area contributed by atoms with Crippen LogP contribution < -0.4 is 4.74 Å². The third kappa shape index (κ3) is 4.95. The second-order valence-electron chi connectivity index (χ2n) is 6.53. The first-order valence-corrected chi connectivity index (χ1v) is 9.90. The summed E-state index contributed by atoms with van der Waals surface area (Å²) in [6.45, 7) is 4.14. The van der Waals surface area contributed by atoms with Crippen LogP contribution in [0.25, 0.3) is 5.76 Å². The van der Waals surface area contributed by atoms with Gasteiger partial charge in [-0.1, -0.05) is 35.9 Å². The molecule has 6 nitrogen and oxygen atoms in total. The average Bonchev–Trinajstić information content (AvgIpc) is 3.12. The normalized spacial score (nSPS) is 14.6. The zero-order chi connectivity index (χ0) is 20.8. The van der Waals surface area contributed by atoms with E-state index in [1.807, 2.05) is 19.1 Å². The van der Waals surface area contributed by atoms with E-state index in [9.17, 15) is 9.90 Å². The molecule has 0 saturated carbocycles. The van der Waals surface area contributed by atoms with Gasteiger partial charge in [0.25, 0.3) is 0 Å². The van der Waals surface area contributed by atoms with Gasteiger partial charge in [0.2, 0.25) is 5.88 Å². The second kappa shape index (κ2) is 9.56. The molecule has 1 N–H and O–H groups in total. The van der Waals surface area contributed by atoms with Crippen LogP contribution in [-0.2, 0) is 22.4 Å². The number of hydrogen-bond donors (Lipinski definition) is 1. The Bertz CT molecular complexity index is 931. The number of aliphatic hydroxyl groups is 1. The summed E-state index contributed by atoms with van der Waals surface area (Å²) in [7, 11) is 0. The Kier molecular flexibility index (Phi) is 6.88. The maximum atomic E-state index is 12.2. The van der Waals surface area contributed by atoms with E-state index >= 15 is 0 Å². The molecule has 2 aromatic rings. The minimum Gasteiger partial charge on any atom is -0.506 e. The lowest BCUT2D eigenvalue weighted by Gasteiger charge is -2.14. The summed E-state index contributed by atoms with van der Waals surface area (Å²) in [5, 5.41) is 10.9. The standard InChI is InChI=1S/C22H23ClN2O4/c1-3-24-12-18(22(27)28-4-2)21(26)17-11-20(25-13-19(17)23)29-16-9-14-7-5-6-8-15(14)10-16/h5-8,11-13,16,26H,3-4,9-10H2,1-2H3. The Morgan fingerprint density at radius 1 is 1.31 bits per heavy atom. The maximum absolute atomic E-state index is 12.2. The molecule has 152 valence electrons. The molecule has 29 heavy (non-hydrogen) atoms. The number of fused-ring (bicyclic) bond motifs is 1. The molecule has 0 bridgehead atoms. The number of aliphatic hydroxyl groups excluding tert-OH is 1. The molecule has 0 fully saturated rings. The molecule has 1 heterocycles. The molecule has 1 aliphatic carbocycles. The highest BCUT2D eigenvalue weighted by atomic mass is 35.5. The molecular formula is C22H23ClN2O4. The quantitative estimate of drug-likeness (QED) is 0.318. The molecule has 7 heteroatoms. The average molecular weight is 415 g/mol. The zero-order valence-corrected chi connectivity index (χ0v) is 17.1. The van der Waals surface area contributed by atoms with Crippen LogP contribution in [-0.4, -0.2) is 41.5 Å². The Morgan fingerprint density at radius 3 is 2.62 bits per heavy atom. The number of rotatable bonds is 7. The summed E-state index contributed by atoms with van der Waals surface area (Å²) in [6, 6.07) is 9.73. The van der Waals surface area contributed by atoms with E-state index in [0.29, 0.717) is 12.4 Å². The van der Waals surface area contributed by atoms with E-state index in [4.69, 9.17) is 21.1 Å². The van der Waals surface area contributed by atoms with Crippen molar-refractivity contribution in [1.82, 2.24) is 4.98 Å². The maximum Gasteiger partial charge on any atom is 0.343 e. The van der Waals surface area contributed by atoms with E-state index in [2.05, 4.69) is 22.1 Å². The summed E-state index contributed by atoms with van der Waals surface area (Å²) < 4.78 is 11.0. The van der Waals surface area contributed by atoms with Crippen LogP contribution in [0.4, 0.5) is 0 Å². The minimum atomic E-state index is -0.677. The van der Waals surface area contributed by atoms with E-state index < -0.39 is 5.97 Å². The summed E-state index contributed by atoms with van der Waals surface area (Å²) >= 11 is 6.23. The van der Waals surface area contributed by atoms with Crippen molar-refractivity contribution in [1.29, 1.82) is 0 Å². The number of pyridine rings is 1. The molecule has 0 atom stereocenters. The van der Waals surface area contributed by atoms with Gasteiger partial charge in [0.1, 0.15) is 17.4 Å². The van der Waals surface area contributed by atoms with Crippen molar-refractivity contribution in [3.05, 3.63) is 63.8 Å². The predicted molar refractivity (Wildman–Crippen MR) is 113 cm³/mol. The van der Waals surface area contributed by atoms with Gasteiger partial charge in [-0.3, -0.25) is 4.99 Å². The third-order valence-corrected chi connectivity index (χ3v) is 4.84. The van der Waals surface area contributed by atoms with Crippen LogP contribution in [0, 0.1) is 0 Å². The lowest BCUT2D eigenvalue weighted by molar-refractivity contribution is -0.137. The summed E-state index contributed by atoms with van der Waals surface area (Å²) in [5.74, 6) is -0.680. The van der Waals surface area contributed by atoms with Gasteiger partial charge in [-0.25, -0.2) is 9.78 Å². The molecule has 0 saturated heterocycles. The van der Waals surface area contributed by atoms with Crippen molar-refractivity contribution < 1.29 is 19.4 Å². The molecule has 0 aliphatic heterocycles. The van der Waals surface area contributed by atoms with E-state index in [-0.39, 0.29) is 34.6 Å². The monoisotopic (exact) mass is 414 g/mol. The van der Waals surface area contributed by atoms with Gasteiger partial charge in [-0.05, 0) is 25.0 Å². The van der Waals surface area contributed by atoms with Crippen molar-refractivity contribution in [3.8, 4) is 5.88 Å². The van der Waals surface area contributed by atoms with E-state index in [1.165, 1.54) is 29.6 Å². The number of carbonyl (C=O) groups excluding carboxylic acids is 1. The fourth-order valence-corrected chi connectivity index (χ4v) is 3.38.